The summed E-state index contributed by atoms with van der Waals surface area (Å²) in [7, 11) is 0. The predicted molar refractivity (Wildman–Crippen MR) is 82.6 cm³/mol. The summed E-state index contributed by atoms with van der Waals surface area (Å²) in [6.07, 6.45) is 2.03. The highest BCUT2D eigenvalue weighted by atomic mass is 16.2. The van der Waals surface area contributed by atoms with Crippen LogP contribution in [0, 0.1) is 5.92 Å². The molecular weight excluding hydrogens is 264 g/mol. The summed E-state index contributed by atoms with van der Waals surface area (Å²) in [4.78, 5) is 26.5. The molecule has 0 aromatic heterocycles. The molecule has 2 atom stereocenters. The van der Waals surface area contributed by atoms with Gasteiger partial charge >= 0.3 is 0 Å². The van der Waals surface area contributed by atoms with Crippen molar-refractivity contribution in [2.45, 2.75) is 45.7 Å². The van der Waals surface area contributed by atoms with Gasteiger partial charge in [0.25, 0.3) is 5.91 Å². The summed E-state index contributed by atoms with van der Waals surface area (Å²) >= 11 is 0. The third-order valence-electron chi connectivity index (χ3n) is 4.50. The Hall–Kier alpha value is -1.84. The third kappa shape index (κ3) is 3.26. The van der Waals surface area contributed by atoms with Crippen molar-refractivity contribution in [3.05, 3.63) is 35.9 Å². The van der Waals surface area contributed by atoms with E-state index in [0.29, 0.717) is 5.92 Å². The van der Waals surface area contributed by atoms with Crippen LogP contribution >= 0.6 is 0 Å². The van der Waals surface area contributed by atoms with Crippen molar-refractivity contribution in [2.24, 2.45) is 5.92 Å². The molecule has 4 nitrogen and oxygen atoms in total. The number of amides is 2. The Bertz CT molecular complexity index is 497. The molecule has 0 spiro atoms. The topological polar surface area (TPSA) is 49.4 Å². The van der Waals surface area contributed by atoms with E-state index in [1.165, 1.54) is 0 Å². The first-order chi connectivity index (χ1) is 10.1. The number of nitrogens with one attached hydrogen (secondary N) is 1. The fourth-order valence-corrected chi connectivity index (χ4v) is 3.11. The maximum atomic E-state index is 12.8. The molecule has 1 aliphatic heterocycles. The van der Waals surface area contributed by atoms with Gasteiger partial charge in [0.05, 0.1) is 6.54 Å². The van der Waals surface area contributed by atoms with Crippen LogP contribution in [0.1, 0.15) is 45.2 Å². The van der Waals surface area contributed by atoms with Crippen LogP contribution in [0.5, 0.6) is 0 Å². The average Bonchev–Trinajstić information content (AvgIpc) is 2.51. The minimum atomic E-state index is -0.552. The molecule has 0 saturated carbocycles. The highest BCUT2D eigenvalue weighted by Crippen LogP contribution is 2.25. The van der Waals surface area contributed by atoms with Gasteiger partial charge in [0.2, 0.25) is 5.91 Å². The van der Waals surface area contributed by atoms with Crippen molar-refractivity contribution in [2.75, 3.05) is 6.54 Å². The molecule has 21 heavy (non-hydrogen) atoms. The van der Waals surface area contributed by atoms with Crippen LogP contribution in [0.2, 0.25) is 0 Å². The standard InChI is InChI=1S/C17H24N2O2/c1-4-13(5-2)12(3)19-11-15(20)18-16(17(19)21)14-9-7-6-8-10-14/h6-10,12-13,16H,4-5,11H2,1-3H3,(H,18,20). The van der Waals surface area contributed by atoms with Crippen LogP contribution in [0.25, 0.3) is 0 Å². The summed E-state index contributed by atoms with van der Waals surface area (Å²) in [5, 5.41) is 2.81. The fourth-order valence-electron chi connectivity index (χ4n) is 3.11. The Morgan fingerprint density at radius 3 is 2.38 bits per heavy atom. The van der Waals surface area contributed by atoms with Crippen molar-refractivity contribution in [1.29, 1.82) is 0 Å². The molecule has 1 saturated heterocycles. The number of hydrogen-bond acceptors (Lipinski definition) is 2. The molecule has 114 valence electrons. The molecule has 1 N–H and O–H groups in total. The maximum absolute atomic E-state index is 12.8. The summed E-state index contributed by atoms with van der Waals surface area (Å²) < 4.78 is 0. The van der Waals surface area contributed by atoms with Gasteiger partial charge in [-0.3, -0.25) is 9.59 Å². The van der Waals surface area contributed by atoms with Crippen LogP contribution in [-0.2, 0) is 9.59 Å². The van der Waals surface area contributed by atoms with Gasteiger partial charge < -0.3 is 10.2 Å². The van der Waals surface area contributed by atoms with E-state index in [-0.39, 0.29) is 24.4 Å². The predicted octanol–water partition coefficient (Wildman–Crippen LogP) is 2.51. The number of carbonyl (C=O) groups excluding carboxylic acids is 2. The van der Waals surface area contributed by atoms with Gasteiger partial charge in [-0.05, 0) is 18.4 Å². The number of rotatable bonds is 5. The lowest BCUT2D eigenvalue weighted by Crippen LogP contribution is -2.57. The zero-order valence-electron chi connectivity index (χ0n) is 13.0. The molecule has 1 aromatic carbocycles. The lowest BCUT2D eigenvalue weighted by Gasteiger charge is -2.39. The maximum Gasteiger partial charge on any atom is 0.250 e. The smallest absolute Gasteiger partial charge is 0.250 e. The van der Waals surface area contributed by atoms with E-state index < -0.39 is 6.04 Å². The van der Waals surface area contributed by atoms with E-state index >= 15 is 0 Å². The highest BCUT2D eigenvalue weighted by Gasteiger charge is 2.37. The quantitative estimate of drug-likeness (QED) is 0.905. The van der Waals surface area contributed by atoms with E-state index in [1.54, 1.807) is 4.90 Å². The normalized spacial score (nSPS) is 20.6. The van der Waals surface area contributed by atoms with Gasteiger partial charge in [-0.1, -0.05) is 57.0 Å². The van der Waals surface area contributed by atoms with E-state index in [9.17, 15) is 9.59 Å². The second-order valence-corrected chi connectivity index (χ2v) is 5.69. The van der Waals surface area contributed by atoms with Crippen LogP contribution in [0.15, 0.2) is 30.3 Å². The number of carbonyl (C=O) groups is 2. The number of piperazine rings is 1. The molecule has 1 aliphatic rings. The fraction of sp³-hybridized carbons (Fsp3) is 0.529. The van der Waals surface area contributed by atoms with E-state index in [4.69, 9.17) is 0 Å². The number of benzene rings is 1. The zero-order chi connectivity index (χ0) is 15.4. The summed E-state index contributed by atoms with van der Waals surface area (Å²) in [6.45, 7) is 6.48. The van der Waals surface area contributed by atoms with Gasteiger partial charge in [-0.15, -0.1) is 0 Å². The van der Waals surface area contributed by atoms with Crippen molar-refractivity contribution in [3.63, 3.8) is 0 Å². The minimum absolute atomic E-state index is 0.000185. The molecule has 1 heterocycles. The minimum Gasteiger partial charge on any atom is -0.339 e. The van der Waals surface area contributed by atoms with Gasteiger partial charge in [0, 0.05) is 6.04 Å². The molecule has 1 aromatic rings. The lowest BCUT2D eigenvalue weighted by atomic mass is 9.92. The lowest BCUT2D eigenvalue weighted by molar-refractivity contribution is -0.147. The third-order valence-corrected chi connectivity index (χ3v) is 4.50. The molecule has 2 unspecified atom stereocenters. The SMILES string of the molecule is CCC(CC)C(C)N1CC(=O)NC(c2ccccc2)C1=O. The summed E-state index contributed by atoms with van der Waals surface area (Å²) in [5.74, 6) is 0.345. The Balaban J connectivity index is 2.24. The largest absolute Gasteiger partial charge is 0.339 e. The van der Waals surface area contributed by atoms with Gasteiger partial charge in [0.15, 0.2) is 0 Å². The summed E-state index contributed by atoms with van der Waals surface area (Å²) in [6, 6.07) is 8.98. The first-order valence-electron chi connectivity index (χ1n) is 7.73. The first kappa shape index (κ1) is 15.5. The zero-order valence-corrected chi connectivity index (χ0v) is 13.0. The monoisotopic (exact) mass is 288 g/mol. The average molecular weight is 288 g/mol. The second kappa shape index (κ2) is 6.74. The van der Waals surface area contributed by atoms with E-state index in [0.717, 1.165) is 18.4 Å². The Labute approximate surface area is 126 Å². The second-order valence-electron chi connectivity index (χ2n) is 5.69. The highest BCUT2D eigenvalue weighted by molar-refractivity contribution is 5.95. The molecule has 0 radical (unpaired) electrons. The molecule has 2 rings (SSSR count). The Morgan fingerprint density at radius 1 is 1.19 bits per heavy atom. The van der Waals surface area contributed by atoms with Crippen LogP contribution in [0.3, 0.4) is 0 Å². The molecular formula is C17H24N2O2. The van der Waals surface area contributed by atoms with Crippen molar-refractivity contribution in [3.8, 4) is 0 Å². The Kier molecular flexibility index (Phi) is 4.99. The molecule has 1 fully saturated rings. The van der Waals surface area contributed by atoms with Gasteiger partial charge in [0.1, 0.15) is 6.04 Å². The van der Waals surface area contributed by atoms with E-state index in [1.807, 2.05) is 30.3 Å². The van der Waals surface area contributed by atoms with E-state index in [2.05, 4.69) is 26.1 Å². The number of hydrogen-bond donors (Lipinski definition) is 1. The molecule has 0 bridgehead atoms. The van der Waals surface area contributed by atoms with Crippen LogP contribution in [0.4, 0.5) is 0 Å². The van der Waals surface area contributed by atoms with Crippen molar-refractivity contribution in [1.82, 2.24) is 10.2 Å². The van der Waals surface area contributed by atoms with Crippen molar-refractivity contribution >= 4 is 11.8 Å². The van der Waals surface area contributed by atoms with Crippen LogP contribution in [-0.4, -0.2) is 29.3 Å². The summed E-state index contributed by atoms with van der Waals surface area (Å²) in [5.41, 5.74) is 0.845. The first-order valence-corrected chi connectivity index (χ1v) is 7.73. The molecule has 0 aliphatic carbocycles. The van der Waals surface area contributed by atoms with Crippen molar-refractivity contribution < 1.29 is 9.59 Å². The number of nitrogens with zero attached hydrogens (tertiary/aromatic N) is 1. The van der Waals surface area contributed by atoms with Gasteiger partial charge in [-0.25, -0.2) is 0 Å². The van der Waals surface area contributed by atoms with Gasteiger partial charge in [-0.2, -0.15) is 0 Å². The molecule has 2 amide bonds. The van der Waals surface area contributed by atoms with Crippen LogP contribution < -0.4 is 5.32 Å². The Morgan fingerprint density at radius 2 is 1.81 bits per heavy atom. The molecule has 4 heteroatoms.